The standard InChI is InChI=1S/C12H7Br4NO2S/c13-7-1-3-9(4-2-7)20(18,19)17-12-10(15)5-8(14)6-11(12)16/h1-6,17H. The summed E-state index contributed by atoms with van der Waals surface area (Å²) in [5, 5.41) is 0. The second-order valence-electron chi connectivity index (χ2n) is 3.80. The molecule has 0 aromatic heterocycles. The molecule has 0 aliphatic carbocycles. The molecule has 0 aliphatic rings. The maximum atomic E-state index is 12.3. The van der Waals surface area contributed by atoms with Gasteiger partial charge in [0.05, 0.1) is 10.6 Å². The van der Waals surface area contributed by atoms with Crippen molar-refractivity contribution >= 4 is 79.4 Å². The molecule has 0 amide bonds. The average Bonchev–Trinajstić information content (AvgIpc) is 2.34. The zero-order valence-electron chi connectivity index (χ0n) is 9.70. The van der Waals surface area contributed by atoms with Gasteiger partial charge in [-0.15, -0.1) is 0 Å². The van der Waals surface area contributed by atoms with E-state index >= 15 is 0 Å². The first kappa shape index (κ1) is 16.5. The fraction of sp³-hybridized carbons (Fsp3) is 0. The van der Waals surface area contributed by atoms with Gasteiger partial charge in [0.1, 0.15) is 0 Å². The first-order valence-electron chi connectivity index (χ1n) is 5.22. The highest BCUT2D eigenvalue weighted by molar-refractivity contribution is 9.11. The van der Waals surface area contributed by atoms with E-state index in [1.807, 2.05) is 0 Å². The molecule has 1 N–H and O–H groups in total. The predicted molar refractivity (Wildman–Crippen MR) is 94.5 cm³/mol. The third-order valence-corrected chi connectivity index (χ3v) is 5.97. The van der Waals surface area contributed by atoms with Crippen molar-refractivity contribution in [2.24, 2.45) is 0 Å². The minimum atomic E-state index is -3.63. The third kappa shape index (κ3) is 3.85. The van der Waals surface area contributed by atoms with Crippen molar-refractivity contribution in [2.45, 2.75) is 4.90 Å². The van der Waals surface area contributed by atoms with Crippen LogP contribution in [-0.4, -0.2) is 8.42 Å². The second-order valence-corrected chi connectivity index (χ2v) is 9.03. The fourth-order valence-electron chi connectivity index (χ4n) is 1.45. The van der Waals surface area contributed by atoms with E-state index in [2.05, 4.69) is 68.4 Å². The molecule has 3 nitrogen and oxygen atoms in total. The molecule has 20 heavy (non-hydrogen) atoms. The Hall–Kier alpha value is 0.110. The van der Waals surface area contributed by atoms with Crippen LogP contribution >= 0.6 is 63.7 Å². The highest BCUT2D eigenvalue weighted by Gasteiger charge is 2.17. The summed E-state index contributed by atoms with van der Waals surface area (Å²) in [5.41, 5.74) is 0.455. The molecule has 106 valence electrons. The van der Waals surface area contributed by atoms with E-state index in [0.29, 0.717) is 14.6 Å². The molecule has 0 saturated heterocycles. The molecule has 0 heterocycles. The molecular weight excluding hydrogens is 542 g/mol. The number of rotatable bonds is 3. The summed E-state index contributed by atoms with van der Waals surface area (Å²) < 4.78 is 30.1. The molecule has 0 radical (unpaired) electrons. The first-order valence-corrected chi connectivity index (χ1v) is 9.88. The molecule has 0 fully saturated rings. The van der Waals surface area contributed by atoms with Crippen molar-refractivity contribution in [1.82, 2.24) is 0 Å². The Morgan fingerprint density at radius 3 is 1.80 bits per heavy atom. The summed E-state index contributed by atoms with van der Waals surface area (Å²) in [5.74, 6) is 0. The number of anilines is 1. The van der Waals surface area contributed by atoms with Crippen molar-refractivity contribution in [3.8, 4) is 0 Å². The van der Waals surface area contributed by atoms with Crippen LogP contribution in [0.2, 0.25) is 0 Å². The molecule has 0 aliphatic heterocycles. The number of benzene rings is 2. The van der Waals surface area contributed by atoms with Gasteiger partial charge < -0.3 is 0 Å². The van der Waals surface area contributed by atoms with Gasteiger partial charge in [-0.1, -0.05) is 31.9 Å². The van der Waals surface area contributed by atoms with Crippen LogP contribution < -0.4 is 4.72 Å². The lowest BCUT2D eigenvalue weighted by Crippen LogP contribution is -2.13. The quantitative estimate of drug-likeness (QED) is 0.548. The van der Waals surface area contributed by atoms with Crippen LogP contribution in [-0.2, 0) is 10.0 Å². The Bertz CT molecular complexity index is 722. The Kier molecular flexibility index (Phi) is 5.34. The molecule has 0 spiro atoms. The normalized spacial score (nSPS) is 11.4. The van der Waals surface area contributed by atoms with Gasteiger partial charge in [0.25, 0.3) is 10.0 Å². The number of hydrogen-bond donors (Lipinski definition) is 1. The zero-order chi connectivity index (χ0) is 14.9. The Morgan fingerprint density at radius 1 is 0.800 bits per heavy atom. The van der Waals surface area contributed by atoms with Gasteiger partial charge in [-0.05, 0) is 68.3 Å². The maximum Gasteiger partial charge on any atom is 0.261 e. The van der Waals surface area contributed by atoms with Gasteiger partial charge in [-0.3, -0.25) is 4.72 Å². The fourth-order valence-corrected chi connectivity index (χ4v) is 5.53. The third-order valence-electron chi connectivity index (χ3n) is 2.37. The molecule has 2 rings (SSSR count). The van der Waals surface area contributed by atoms with E-state index in [9.17, 15) is 8.42 Å². The van der Waals surface area contributed by atoms with E-state index in [-0.39, 0.29) is 4.90 Å². The number of hydrogen-bond acceptors (Lipinski definition) is 2. The molecule has 0 atom stereocenters. The average molecular weight is 549 g/mol. The number of sulfonamides is 1. The highest BCUT2D eigenvalue weighted by atomic mass is 79.9. The lowest BCUT2D eigenvalue weighted by atomic mass is 10.3. The molecule has 0 saturated carbocycles. The van der Waals surface area contributed by atoms with E-state index in [4.69, 9.17) is 0 Å². The van der Waals surface area contributed by atoms with Gasteiger partial charge in [-0.25, -0.2) is 8.42 Å². The summed E-state index contributed by atoms with van der Waals surface area (Å²) in [4.78, 5) is 0.197. The lowest BCUT2D eigenvalue weighted by molar-refractivity contribution is 0.601. The van der Waals surface area contributed by atoms with E-state index in [0.717, 1.165) is 8.95 Å². The minimum absolute atomic E-state index is 0.197. The zero-order valence-corrected chi connectivity index (χ0v) is 16.9. The van der Waals surface area contributed by atoms with Crippen LogP contribution in [0.25, 0.3) is 0 Å². The van der Waals surface area contributed by atoms with E-state index < -0.39 is 10.0 Å². The Balaban J connectivity index is 2.41. The minimum Gasteiger partial charge on any atom is -0.277 e. The molecular formula is C12H7Br4NO2S. The molecule has 0 bridgehead atoms. The van der Waals surface area contributed by atoms with Gasteiger partial charge in [-0.2, -0.15) is 0 Å². The van der Waals surface area contributed by atoms with Crippen LogP contribution in [0.1, 0.15) is 0 Å². The van der Waals surface area contributed by atoms with Gasteiger partial charge in [0, 0.05) is 17.9 Å². The van der Waals surface area contributed by atoms with Crippen molar-refractivity contribution in [3.05, 3.63) is 54.3 Å². The summed E-state index contributed by atoms with van der Waals surface area (Å²) in [6.07, 6.45) is 0. The largest absolute Gasteiger partial charge is 0.277 e. The molecule has 0 unspecified atom stereocenters. The predicted octanol–water partition coefficient (Wildman–Crippen LogP) is 5.54. The van der Waals surface area contributed by atoms with Crippen molar-refractivity contribution < 1.29 is 8.42 Å². The van der Waals surface area contributed by atoms with Gasteiger partial charge in [0.15, 0.2) is 0 Å². The Labute approximate surface area is 150 Å². The Morgan fingerprint density at radius 2 is 1.30 bits per heavy atom. The van der Waals surface area contributed by atoms with Crippen molar-refractivity contribution in [1.29, 1.82) is 0 Å². The molecule has 2 aromatic carbocycles. The van der Waals surface area contributed by atoms with Crippen LogP contribution in [0.5, 0.6) is 0 Å². The van der Waals surface area contributed by atoms with Crippen molar-refractivity contribution in [3.63, 3.8) is 0 Å². The maximum absolute atomic E-state index is 12.3. The second kappa shape index (κ2) is 6.48. The van der Waals surface area contributed by atoms with Crippen LogP contribution in [0.15, 0.2) is 59.2 Å². The van der Waals surface area contributed by atoms with Gasteiger partial charge in [0.2, 0.25) is 0 Å². The van der Waals surface area contributed by atoms with Crippen LogP contribution in [0.4, 0.5) is 5.69 Å². The number of halogens is 4. The smallest absolute Gasteiger partial charge is 0.261 e. The van der Waals surface area contributed by atoms with E-state index in [1.54, 1.807) is 24.3 Å². The summed E-state index contributed by atoms with van der Waals surface area (Å²) in [7, 11) is -3.63. The summed E-state index contributed by atoms with van der Waals surface area (Å²) in [6.45, 7) is 0. The lowest BCUT2D eigenvalue weighted by Gasteiger charge is -2.12. The number of nitrogens with one attached hydrogen (secondary N) is 1. The SMILES string of the molecule is O=S(=O)(Nc1c(Br)cc(Br)cc1Br)c1ccc(Br)cc1. The summed E-state index contributed by atoms with van der Waals surface area (Å²) >= 11 is 13.3. The topological polar surface area (TPSA) is 46.2 Å². The summed E-state index contributed by atoms with van der Waals surface area (Å²) in [6, 6.07) is 9.97. The highest BCUT2D eigenvalue weighted by Crippen LogP contribution is 2.35. The van der Waals surface area contributed by atoms with Crippen LogP contribution in [0.3, 0.4) is 0 Å². The van der Waals surface area contributed by atoms with Crippen LogP contribution in [0, 0.1) is 0 Å². The molecule has 2 aromatic rings. The van der Waals surface area contributed by atoms with Crippen molar-refractivity contribution in [2.75, 3.05) is 4.72 Å². The molecule has 8 heteroatoms. The monoisotopic (exact) mass is 545 g/mol. The first-order chi connectivity index (χ1) is 9.29. The van der Waals surface area contributed by atoms with E-state index in [1.165, 1.54) is 12.1 Å². The van der Waals surface area contributed by atoms with Gasteiger partial charge >= 0.3 is 0 Å².